The minimum Gasteiger partial charge on any atom is -0.318 e. The maximum absolute atomic E-state index is 11.8. The fourth-order valence-electron chi connectivity index (χ4n) is 1.71. The summed E-state index contributed by atoms with van der Waals surface area (Å²) in [5, 5.41) is 15.4. The first-order valence-corrected chi connectivity index (χ1v) is 6.39. The average Bonchev–Trinajstić information content (AvgIpc) is 2.49. The van der Waals surface area contributed by atoms with Crippen LogP contribution in [-0.4, -0.2) is 16.7 Å². The molecule has 0 radical (unpaired) electrons. The van der Waals surface area contributed by atoms with Crippen molar-refractivity contribution in [2.24, 2.45) is 0 Å². The summed E-state index contributed by atoms with van der Waals surface area (Å²) in [6, 6.07) is 12.3. The third-order valence-corrected chi connectivity index (χ3v) is 2.83. The van der Waals surface area contributed by atoms with E-state index in [1.54, 1.807) is 24.3 Å². The lowest BCUT2D eigenvalue weighted by molar-refractivity contribution is -0.384. The molecule has 0 spiro atoms. The van der Waals surface area contributed by atoms with Crippen LogP contribution in [0.3, 0.4) is 0 Å². The van der Waals surface area contributed by atoms with Crippen molar-refractivity contribution in [1.29, 1.82) is 0 Å². The van der Waals surface area contributed by atoms with Crippen molar-refractivity contribution in [3.63, 3.8) is 0 Å². The molecule has 2 rings (SSSR count). The monoisotopic (exact) mass is 299 g/mol. The highest BCUT2D eigenvalue weighted by Gasteiger charge is 2.15. The number of hydrogen-bond acceptors (Lipinski definition) is 4. The van der Waals surface area contributed by atoms with E-state index in [-0.39, 0.29) is 11.4 Å². The Morgan fingerprint density at radius 3 is 2.14 bits per heavy atom. The molecule has 112 valence electrons. The predicted octanol–water partition coefficient (Wildman–Crippen LogP) is 2.48. The van der Waals surface area contributed by atoms with E-state index in [1.165, 1.54) is 24.3 Å². The number of non-ortho nitro benzene ring substituents is 1. The number of benzene rings is 2. The van der Waals surface area contributed by atoms with Gasteiger partial charge in [0.25, 0.3) is 5.69 Å². The molecule has 0 aliphatic rings. The van der Waals surface area contributed by atoms with Crippen molar-refractivity contribution in [2.75, 3.05) is 10.6 Å². The lowest BCUT2D eigenvalue weighted by Crippen LogP contribution is -2.29. The van der Waals surface area contributed by atoms with Gasteiger partial charge in [-0.25, -0.2) is 0 Å². The van der Waals surface area contributed by atoms with Crippen LogP contribution in [0.2, 0.25) is 0 Å². The van der Waals surface area contributed by atoms with Gasteiger partial charge in [0.15, 0.2) is 0 Å². The summed E-state index contributed by atoms with van der Waals surface area (Å²) in [5.41, 5.74) is 1.53. The molecule has 7 heteroatoms. The van der Waals surface area contributed by atoms with E-state index in [4.69, 9.17) is 0 Å². The Kier molecular flexibility index (Phi) is 4.47. The molecule has 0 saturated carbocycles. The zero-order valence-corrected chi connectivity index (χ0v) is 11.7. The number of carbonyl (C=O) groups excluding carboxylic acids is 2. The number of amides is 2. The van der Waals surface area contributed by atoms with Gasteiger partial charge in [-0.2, -0.15) is 0 Å². The third-order valence-electron chi connectivity index (χ3n) is 2.83. The molecule has 0 saturated heterocycles. The number of nitro groups is 1. The molecule has 0 bridgehead atoms. The van der Waals surface area contributed by atoms with Crippen molar-refractivity contribution in [2.45, 2.75) is 6.92 Å². The number of anilines is 2. The predicted molar refractivity (Wildman–Crippen MR) is 81.5 cm³/mol. The van der Waals surface area contributed by atoms with Gasteiger partial charge in [0.05, 0.1) is 4.92 Å². The first-order chi connectivity index (χ1) is 10.5. The van der Waals surface area contributed by atoms with Crippen LogP contribution in [0, 0.1) is 17.0 Å². The van der Waals surface area contributed by atoms with Crippen LogP contribution in [0.5, 0.6) is 0 Å². The molecule has 0 fully saturated rings. The number of nitro benzene ring substituents is 1. The van der Waals surface area contributed by atoms with Crippen molar-refractivity contribution < 1.29 is 14.5 Å². The topological polar surface area (TPSA) is 101 Å². The highest BCUT2D eigenvalue weighted by Crippen LogP contribution is 2.17. The van der Waals surface area contributed by atoms with Gasteiger partial charge in [0.1, 0.15) is 0 Å². The van der Waals surface area contributed by atoms with Crippen LogP contribution < -0.4 is 10.6 Å². The maximum atomic E-state index is 11.8. The zero-order valence-electron chi connectivity index (χ0n) is 11.7. The molecule has 2 aromatic carbocycles. The number of nitrogens with one attached hydrogen (secondary N) is 2. The Morgan fingerprint density at radius 1 is 0.955 bits per heavy atom. The molecule has 7 nitrogen and oxygen atoms in total. The zero-order chi connectivity index (χ0) is 16.1. The van der Waals surface area contributed by atoms with Crippen molar-refractivity contribution in [1.82, 2.24) is 0 Å². The highest BCUT2D eigenvalue weighted by atomic mass is 16.6. The van der Waals surface area contributed by atoms with Gasteiger partial charge in [0, 0.05) is 23.5 Å². The largest absolute Gasteiger partial charge is 0.318 e. The second-order valence-electron chi connectivity index (χ2n) is 4.58. The summed E-state index contributed by atoms with van der Waals surface area (Å²) in [4.78, 5) is 33.6. The number of carbonyl (C=O) groups is 2. The molecule has 2 aromatic rings. The first kappa shape index (κ1) is 15.2. The standard InChI is InChI=1S/C15H13N3O4/c1-10-5-7-11(8-6-10)16-14(19)15(20)17-12-3-2-4-13(9-12)18(21)22/h2-9H,1H3,(H,16,19)(H,17,20). The van der Waals surface area contributed by atoms with E-state index in [0.717, 1.165) is 5.56 Å². The minimum absolute atomic E-state index is 0.170. The Hall–Kier alpha value is -3.22. The van der Waals surface area contributed by atoms with Crippen molar-refractivity contribution in [3.8, 4) is 0 Å². The Bertz CT molecular complexity index is 726. The fraction of sp³-hybridized carbons (Fsp3) is 0.0667. The lowest BCUT2D eigenvalue weighted by Gasteiger charge is -2.06. The normalized spacial score (nSPS) is 9.86. The van der Waals surface area contributed by atoms with Crippen LogP contribution in [0.25, 0.3) is 0 Å². The highest BCUT2D eigenvalue weighted by molar-refractivity contribution is 6.43. The van der Waals surface area contributed by atoms with Crippen molar-refractivity contribution >= 4 is 28.9 Å². The number of nitrogens with zero attached hydrogens (tertiary/aromatic N) is 1. The molecular formula is C15H13N3O4. The summed E-state index contributed by atoms with van der Waals surface area (Å²) in [6.07, 6.45) is 0. The third kappa shape index (κ3) is 3.89. The molecule has 2 N–H and O–H groups in total. The summed E-state index contributed by atoms with van der Waals surface area (Å²) in [7, 11) is 0. The number of rotatable bonds is 3. The van der Waals surface area contributed by atoms with E-state index in [0.29, 0.717) is 5.69 Å². The summed E-state index contributed by atoms with van der Waals surface area (Å²) in [6.45, 7) is 1.90. The maximum Gasteiger partial charge on any atom is 0.314 e. The van der Waals surface area contributed by atoms with Crippen LogP contribution in [0.15, 0.2) is 48.5 Å². The second-order valence-corrected chi connectivity index (χ2v) is 4.58. The van der Waals surface area contributed by atoms with E-state index in [9.17, 15) is 19.7 Å². The molecule has 0 aromatic heterocycles. The van der Waals surface area contributed by atoms with Crippen molar-refractivity contribution in [3.05, 3.63) is 64.2 Å². The Morgan fingerprint density at radius 2 is 1.55 bits per heavy atom. The number of aryl methyl sites for hydroxylation is 1. The van der Waals surface area contributed by atoms with Gasteiger partial charge < -0.3 is 10.6 Å². The fourth-order valence-corrected chi connectivity index (χ4v) is 1.71. The minimum atomic E-state index is -0.902. The first-order valence-electron chi connectivity index (χ1n) is 6.39. The quantitative estimate of drug-likeness (QED) is 0.516. The van der Waals surface area contributed by atoms with Gasteiger partial charge in [0.2, 0.25) is 0 Å². The van der Waals surface area contributed by atoms with Crippen LogP contribution in [0.1, 0.15) is 5.56 Å². The van der Waals surface area contributed by atoms with Crippen LogP contribution in [0.4, 0.5) is 17.1 Å². The van der Waals surface area contributed by atoms with Crippen LogP contribution >= 0.6 is 0 Å². The summed E-state index contributed by atoms with van der Waals surface area (Å²) < 4.78 is 0. The molecule has 0 aliphatic carbocycles. The molecular weight excluding hydrogens is 286 g/mol. The van der Waals surface area contributed by atoms with Gasteiger partial charge in [-0.05, 0) is 25.1 Å². The van der Waals surface area contributed by atoms with Gasteiger partial charge in [-0.3, -0.25) is 19.7 Å². The Balaban J connectivity index is 2.02. The molecule has 0 aliphatic heterocycles. The van der Waals surface area contributed by atoms with E-state index >= 15 is 0 Å². The van der Waals surface area contributed by atoms with E-state index < -0.39 is 16.7 Å². The molecule has 0 atom stereocenters. The molecule has 2 amide bonds. The number of hydrogen-bond donors (Lipinski definition) is 2. The van der Waals surface area contributed by atoms with Gasteiger partial charge >= 0.3 is 11.8 Å². The van der Waals surface area contributed by atoms with Gasteiger partial charge in [-0.1, -0.05) is 23.8 Å². The molecule has 22 heavy (non-hydrogen) atoms. The SMILES string of the molecule is Cc1ccc(NC(=O)C(=O)Nc2cccc([N+](=O)[O-])c2)cc1. The Labute approximate surface area is 126 Å². The smallest absolute Gasteiger partial charge is 0.314 e. The molecule has 0 heterocycles. The van der Waals surface area contributed by atoms with Gasteiger partial charge in [-0.15, -0.1) is 0 Å². The van der Waals surface area contributed by atoms with E-state index in [2.05, 4.69) is 10.6 Å². The lowest BCUT2D eigenvalue weighted by atomic mass is 10.2. The molecule has 0 unspecified atom stereocenters. The second kappa shape index (κ2) is 6.49. The van der Waals surface area contributed by atoms with Crippen LogP contribution in [-0.2, 0) is 9.59 Å². The average molecular weight is 299 g/mol. The summed E-state index contributed by atoms with van der Waals surface area (Å²) in [5.74, 6) is -1.75. The summed E-state index contributed by atoms with van der Waals surface area (Å²) >= 11 is 0. The van der Waals surface area contributed by atoms with E-state index in [1.807, 2.05) is 6.92 Å².